The molecular weight excluding hydrogens is 433 g/mol. The highest BCUT2D eigenvalue weighted by atomic mass is 32.1. The van der Waals surface area contributed by atoms with Crippen LogP contribution in [0.2, 0.25) is 0 Å². The summed E-state index contributed by atoms with van der Waals surface area (Å²) >= 11 is 1.49. The minimum atomic E-state index is -0.556. The highest BCUT2D eigenvalue weighted by Gasteiger charge is 2.17. The predicted molar refractivity (Wildman–Crippen MR) is 120 cm³/mol. The van der Waals surface area contributed by atoms with Gasteiger partial charge in [0.05, 0.1) is 4.88 Å². The van der Waals surface area contributed by atoms with Crippen molar-refractivity contribution in [2.24, 2.45) is 0 Å². The molecule has 2 N–H and O–H groups in total. The van der Waals surface area contributed by atoms with Gasteiger partial charge >= 0.3 is 0 Å². The zero-order chi connectivity index (χ0) is 22.5. The molecule has 164 valence electrons. The van der Waals surface area contributed by atoms with Gasteiger partial charge in [0.1, 0.15) is 11.5 Å². The second-order valence-corrected chi connectivity index (χ2v) is 7.83. The first-order valence-corrected chi connectivity index (χ1v) is 10.8. The molecule has 0 unspecified atom stereocenters. The molecule has 1 aromatic carbocycles. The van der Waals surface area contributed by atoms with E-state index in [1.165, 1.54) is 40.3 Å². The van der Waals surface area contributed by atoms with Gasteiger partial charge in [-0.15, -0.1) is 11.3 Å². The van der Waals surface area contributed by atoms with Crippen molar-refractivity contribution in [1.29, 1.82) is 0 Å². The van der Waals surface area contributed by atoms with E-state index in [0.29, 0.717) is 23.6 Å². The highest BCUT2D eigenvalue weighted by molar-refractivity contribution is 7.13. The molecule has 0 atom stereocenters. The molecule has 0 aliphatic rings. The van der Waals surface area contributed by atoms with Crippen molar-refractivity contribution in [2.75, 3.05) is 11.9 Å². The third-order valence-electron chi connectivity index (χ3n) is 4.43. The van der Waals surface area contributed by atoms with Gasteiger partial charge in [-0.25, -0.2) is 9.37 Å². The first-order chi connectivity index (χ1) is 15.5. The normalized spacial score (nSPS) is 10.8. The Labute approximate surface area is 186 Å². The van der Waals surface area contributed by atoms with Gasteiger partial charge in [-0.1, -0.05) is 31.5 Å². The van der Waals surface area contributed by atoms with E-state index < -0.39 is 18.3 Å². The molecule has 0 radical (unpaired) electrons. The molecule has 3 heterocycles. The Morgan fingerprint density at radius 2 is 2.09 bits per heavy atom. The fourth-order valence-electron chi connectivity index (χ4n) is 3.04. The molecule has 0 saturated carbocycles. The number of halogens is 1. The number of nitrogens with zero attached hydrogens (tertiary/aromatic N) is 3. The lowest BCUT2D eigenvalue weighted by Crippen LogP contribution is -2.23. The Morgan fingerprint density at radius 1 is 1.25 bits per heavy atom. The molecule has 0 fully saturated rings. The number of hydrogen-bond acceptors (Lipinski definition) is 6. The number of para-hydroxylation sites is 1. The zero-order valence-electron chi connectivity index (χ0n) is 17.2. The van der Waals surface area contributed by atoms with Gasteiger partial charge in [0, 0.05) is 17.8 Å². The number of aryl methyl sites for hydroxylation is 1. The van der Waals surface area contributed by atoms with Gasteiger partial charge in [-0.3, -0.25) is 14.6 Å². The number of carbonyl (C=O) groups excluding carboxylic acids is 1. The second kappa shape index (κ2) is 9.56. The van der Waals surface area contributed by atoms with Crippen LogP contribution < -0.4 is 15.6 Å². The van der Waals surface area contributed by atoms with Crippen LogP contribution in [0.3, 0.4) is 0 Å². The maximum absolute atomic E-state index is 13.7. The molecule has 4 aromatic rings. The lowest BCUT2D eigenvalue weighted by atomic mass is 10.2. The number of thiophene rings is 1. The minimum absolute atomic E-state index is 0.0197. The van der Waals surface area contributed by atoms with Crippen LogP contribution in [-0.2, 0) is 11.2 Å². The van der Waals surface area contributed by atoms with Gasteiger partial charge in [-0.05, 0) is 30.0 Å². The first kappa shape index (κ1) is 21.4. The zero-order valence-corrected chi connectivity index (χ0v) is 18.0. The van der Waals surface area contributed by atoms with Crippen molar-refractivity contribution in [3.05, 3.63) is 75.8 Å². The molecule has 10 heteroatoms. The first-order valence-electron chi connectivity index (χ1n) is 9.95. The minimum Gasteiger partial charge on any atom is -0.481 e. The molecule has 4 rings (SSSR count). The van der Waals surface area contributed by atoms with Crippen molar-refractivity contribution >= 4 is 23.1 Å². The Bertz CT molecular complexity index is 1280. The summed E-state index contributed by atoms with van der Waals surface area (Å²) in [5, 5.41) is 9.15. The summed E-state index contributed by atoms with van der Waals surface area (Å²) in [6.07, 6.45) is 1.46. The van der Waals surface area contributed by atoms with Gasteiger partial charge in [0.2, 0.25) is 5.95 Å². The van der Waals surface area contributed by atoms with E-state index in [2.05, 4.69) is 20.4 Å². The van der Waals surface area contributed by atoms with Crippen LogP contribution in [0, 0.1) is 5.82 Å². The van der Waals surface area contributed by atoms with Crippen LogP contribution in [0.25, 0.3) is 16.5 Å². The smallest absolute Gasteiger partial charge is 0.263 e. The molecule has 0 aliphatic heterocycles. The number of carbonyl (C=O) groups is 1. The molecule has 0 saturated heterocycles. The summed E-state index contributed by atoms with van der Waals surface area (Å²) in [7, 11) is 0. The van der Waals surface area contributed by atoms with Gasteiger partial charge in [0.25, 0.3) is 11.5 Å². The monoisotopic (exact) mass is 453 g/mol. The van der Waals surface area contributed by atoms with Gasteiger partial charge in [-0.2, -0.15) is 9.78 Å². The van der Waals surface area contributed by atoms with E-state index in [1.807, 2.05) is 24.4 Å². The van der Waals surface area contributed by atoms with Crippen LogP contribution in [0.5, 0.6) is 5.75 Å². The number of hydrogen-bond donors (Lipinski definition) is 2. The number of aromatic amines is 1. The number of benzene rings is 1. The summed E-state index contributed by atoms with van der Waals surface area (Å²) in [4.78, 5) is 32.7. The molecule has 1 amide bonds. The third-order valence-corrected chi connectivity index (χ3v) is 5.33. The van der Waals surface area contributed by atoms with E-state index in [4.69, 9.17) is 4.74 Å². The maximum Gasteiger partial charge on any atom is 0.263 e. The van der Waals surface area contributed by atoms with Crippen molar-refractivity contribution in [3.63, 3.8) is 0 Å². The third kappa shape index (κ3) is 4.92. The van der Waals surface area contributed by atoms with E-state index in [9.17, 15) is 14.0 Å². The number of nitrogens with one attached hydrogen (secondary N) is 2. The summed E-state index contributed by atoms with van der Waals surface area (Å²) in [5.74, 6) is -0.603. The quantitative estimate of drug-likeness (QED) is 0.423. The van der Waals surface area contributed by atoms with Crippen LogP contribution in [0.15, 0.2) is 58.7 Å². The number of aromatic nitrogens is 4. The van der Waals surface area contributed by atoms with Crippen LogP contribution in [0.4, 0.5) is 10.2 Å². The Hall–Kier alpha value is -3.79. The number of amides is 1. The van der Waals surface area contributed by atoms with Crippen molar-refractivity contribution < 1.29 is 13.9 Å². The van der Waals surface area contributed by atoms with E-state index in [1.54, 1.807) is 12.1 Å². The SMILES string of the molecule is CCCc1cc(=O)[nH]c(-n2nc(-c3cccs3)cc2NC(=O)COc2ccccc2F)n1. The topological polar surface area (TPSA) is 102 Å². The Kier molecular flexibility index (Phi) is 6.41. The standard InChI is InChI=1S/C22H20FN5O3S/c1-2-6-14-11-20(29)26-22(24-14)28-19(12-16(27-28)18-9-5-10-32-18)25-21(30)13-31-17-8-4-3-7-15(17)23/h3-5,7-12H,2,6,13H2,1H3,(H,25,30)(H,24,26,29). The van der Waals surface area contributed by atoms with Crippen molar-refractivity contribution in [2.45, 2.75) is 19.8 Å². The molecule has 0 aliphatic carbocycles. The lowest BCUT2D eigenvalue weighted by molar-refractivity contribution is -0.118. The highest BCUT2D eigenvalue weighted by Crippen LogP contribution is 2.27. The fourth-order valence-corrected chi connectivity index (χ4v) is 3.72. The van der Waals surface area contributed by atoms with Gasteiger partial charge in [0.15, 0.2) is 18.2 Å². The molecular formula is C22H20FN5O3S. The van der Waals surface area contributed by atoms with Crippen LogP contribution >= 0.6 is 11.3 Å². The molecule has 3 aromatic heterocycles. The van der Waals surface area contributed by atoms with E-state index in [-0.39, 0.29) is 17.3 Å². The number of H-pyrrole nitrogens is 1. The maximum atomic E-state index is 13.7. The fraction of sp³-hybridized carbons (Fsp3) is 0.182. The van der Waals surface area contributed by atoms with Crippen LogP contribution in [-0.4, -0.2) is 32.3 Å². The molecule has 8 nitrogen and oxygen atoms in total. The number of rotatable bonds is 8. The van der Waals surface area contributed by atoms with E-state index >= 15 is 0 Å². The molecule has 0 bridgehead atoms. The summed E-state index contributed by atoms with van der Waals surface area (Å²) in [6.45, 7) is 1.59. The molecule has 32 heavy (non-hydrogen) atoms. The largest absolute Gasteiger partial charge is 0.481 e. The summed E-state index contributed by atoms with van der Waals surface area (Å²) in [5.41, 5.74) is 0.917. The Morgan fingerprint density at radius 3 is 2.84 bits per heavy atom. The summed E-state index contributed by atoms with van der Waals surface area (Å²) < 4.78 is 20.4. The van der Waals surface area contributed by atoms with E-state index in [0.717, 1.165) is 11.3 Å². The molecule has 0 spiro atoms. The number of anilines is 1. The summed E-state index contributed by atoms with van der Waals surface area (Å²) in [6, 6.07) is 12.7. The second-order valence-electron chi connectivity index (χ2n) is 6.88. The van der Waals surface area contributed by atoms with Crippen molar-refractivity contribution in [3.8, 4) is 22.3 Å². The van der Waals surface area contributed by atoms with Crippen LogP contribution in [0.1, 0.15) is 19.0 Å². The average molecular weight is 453 g/mol. The number of ether oxygens (including phenoxy) is 1. The Balaban J connectivity index is 1.63. The average Bonchev–Trinajstić information content (AvgIpc) is 3.43. The van der Waals surface area contributed by atoms with Gasteiger partial charge < -0.3 is 10.1 Å². The van der Waals surface area contributed by atoms with Crippen molar-refractivity contribution in [1.82, 2.24) is 19.7 Å². The lowest BCUT2D eigenvalue weighted by Gasteiger charge is -2.10. The predicted octanol–water partition coefficient (Wildman–Crippen LogP) is 3.79.